The van der Waals surface area contributed by atoms with Crippen LogP contribution in [-0.4, -0.2) is 42.7 Å². The second kappa shape index (κ2) is 4.24. The summed E-state index contributed by atoms with van der Waals surface area (Å²) < 4.78 is 0. The minimum absolute atomic E-state index is 0.287. The summed E-state index contributed by atoms with van der Waals surface area (Å²) in [5.74, 6) is -0.287. The number of aliphatic hydroxyl groups excluding tert-OH is 1. The van der Waals surface area contributed by atoms with Crippen LogP contribution in [-0.2, 0) is 4.79 Å². The Morgan fingerprint density at radius 1 is 1.70 bits per heavy atom. The Labute approximate surface area is 60.6 Å². The number of carbonyl (C=O) groups is 1. The zero-order valence-corrected chi connectivity index (χ0v) is 6.37. The van der Waals surface area contributed by atoms with E-state index in [-0.39, 0.29) is 5.91 Å². The van der Waals surface area contributed by atoms with Crippen molar-refractivity contribution >= 4 is 5.91 Å². The summed E-state index contributed by atoms with van der Waals surface area (Å²) >= 11 is 0. The number of carbonyl (C=O) groups excluding carboxylic acids is 1. The molecule has 0 saturated carbocycles. The Balaban J connectivity index is 3.71. The maximum Gasteiger partial charge on any atom is 0.250 e. The lowest BCUT2D eigenvalue weighted by atomic mass is 10.2. The van der Waals surface area contributed by atoms with Gasteiger partial charge >= 0.3 is 0 Å². The molecule has 0 aromatic rings. The van der Waals surface area contributed by atoms with E-state index in [0.717, 1.165) is 0 Å². The summed E-state index contributed by atoms with van der Waals surface area (Å²) in [6.07, 6.45) is -0.600. The number of hydrogen-bond acceptors (Lipinski definition) is 3. The number of nitrogens with zero attached hydrogens (tertiary/aromatic N) is 1. The van der Waals surface area contributed by atoms with Crippen LogP contribution in [0.1, 0.15) is 6.42 Å². The monoisotopic (exact) mass is 146 g/mol. The summed E-state index contributed by atoms with van der Waals surface area (Å²) in [6.45, 7) is 0.334. The third-order valence-corrected chi connectivity index (χ3v) is 1.17. The number of aliphatic hydroxyl groups is 1. The molecule has 0 aliphatic heterocycles. The molecule has 0 spiro atoms. The molecule has 4 nitrogen and oxygen atoms in total. The summed E-state index contributed by atoms with van der Waals surface area (Å²) in [6, 6.07) is 0. The van der Waals surface area contributed by atoms with E-state index in [1.807, 2.05) is 0 Å². The molecule has 1 atom stereocenters. The normalized spacial score (nSPS) is 12.8. The van der Waals surface area contributed by atoms with Crippen LogP contribution in [0.5, 0.6) is 0 Å². The zero-order valence-electron chi connectivity index (χ0n) is 6.37. The Kier molecular flexibility index (Phi) is 3.99. The predicted molar refractivity (Wildman–Crippen MR) is 38.4 cm³/mol. The lowest BCUT2D eigenvalue weighted by molar-refractivity contribution is -0.137. The largest absolute Gasteiger partial charge is 0.383 e. The molecule has 0 fully saturated rings. The van der Waals surface area contributed by atoms with E-state index in [4.69, 9.17) is 10.8 Å². The van der Waals surface area contributed by atoms with Gasteiger partial charge in [-0.1, -0.05) is 0 Å². The number of hydrogen-bond donors (Lipinski definition) is 2. The number of rotatable bonds is 3. The van der Waals surface area contributed by atoms with Gasteiger partial charge in [0.05, 0.1) is 0 Å². The highest BCUT2D eigenvalue weighted by Gasteiger charge is 2.14. The van der Waals surface area contributed by atoms with Crippen molar-refractivity contribution in [3.8, 4) is 0 Å². The van der Waals surface area contributed by atoms with E-state index < -0.39 is 6.10 Å². The van der Waals surface area contributed by atoms with Gasteiger partial charge in [-0.25, -0.2) is 0 Å². The fourth-order valence-corrected chi connectivity index (χ4v) is 0.579. The van der Waals surface area contributed by atoms with Crippen LogP contribution in [0, 0.1) is 0 Å². The topological polar surface area (TPSA) is 66.6 Å². The smallest absolute Gasteiger partial charge is 0.250 e. The van der Waals surface area contributed by atoms with Gasteiger partial charge in [0.1, 0.15) is 6.10 Å². The highest BCUT2D eigenvalue weighted by atomic mass is 16.3. The SMILES string of the molecule is CN(C)C(=O)[C@@H](O)CCN. The highest BCUT2D eigenvalue weighted by molar-refractivity contribution is 5.80. The standard InChI is InChI=1S/C6H14N2O2/c1-8(2)6(10)5(9)3-4-7/h5,9H,3-4,7H2,1-2H3/t5-/m0/s1. The third-order valence-electron chi connectivity index (χ3n) is 1.17. The highest BCUT2D eigenvalue weighted by Crippen LogP contribution is 1.92. The number of likely N-dealkylation sites (N-methyl/N-ethyl adjacent to an activating group) is 1. The van der Waals surface area contributed by atoms with Crippen LogP contribution < -0.4 is 5.73 Å². The first-order chi connectivity index (χ1) is 4.59. The van der Waals surface area contributed by atoms with Gasteiger partial charge in [0, 0.05) is 14.1 Å². The average molecular weight is 146 g/mol. The Morgan fingerprint density at radius 3 is 2.50 bits per heavy atom. The molecule has 0 rings (SSSR count). The number of nitrogens with two attached hydrogens (primary N) is 1. The first kappa shape index (κ1) is 9.39. The Morgan fingerprint density at radius 2 is 2.20 bits per heavy atom. The van der Waals surface area contributed by atoms with Crippen molar-refractivity contribution in [2.75, 3.05) is 20.6 Å². The maximum atomic E-state index is 10.9. The van der Waals surface area contributed by atoms with Crippen molar-refractivity contribution < 1.29 is 9.90 Å². The molecule has 1 amide bonds. The van der Waals surface area contributed by atoms with Crippen LogP contribution in [0.25, 0.3) is 0 Å². The van der Waals surface area contributed by atoms with Gasteiger partial charge in [0.25, 0.3) is 5.91 Å². The zero-order chi connectivity index (χ0) is 8.15. The van der Waals surface area contributed by atoms with E-state index in [0.29, 0.717) is 13.0 Å². The molecule has 0 aromatic carbocycles. The van der Waals surface area contributed by atoms with Crippen molar-refractivity contribution in [1.82, 2.24) is 4.90 Å². The second-order valence-corrected chi connectivity index (χ2v) is 2.33. The maximum absolute atomic E-state index is 10.9. The lowest BCUT2D eigenvalue weighted by Crippen LogP contribution is -2.34. The first-order valence-electron chi connectivity index (χ1n) is 3.19. The van der Waals surface area contributed by atoms with E-state index in [9.17, 15) is 4.79 Å². The molecule has 0 aliphatic carbocycles. The predicted octanol–water partition coefficient (Wildman–Crippen LogP) is -1.22. The van der Waals surface area contributed by atoms with Crippen molar-refractivity contribution in [3.05, 3.63) is 0 Å². The van der Waals surface area contributed by atoms with E-state index in [2.05, 4.69) is 0 Å². The van der Waals surface area contributed by atoms with Gasteiger partial charge in [-0.2, -0.15) is 0 Å². The van der Waals surface area contributed by atoms with Crippen molar-refractivity contribution in [2.45, 2.75) is 12.5 Å². The fourth-order valence-electron chi connectivity index (χ4n) is 0.579. The number of amides is 1. The van der Waals surface area contributed by atoms with Gasteiger partial charge in [-0.3, -0.25) is 4.79 Å². The molecule has 4 heteroatoms. The molecule has 0 aromatic heterocycles. The average Bonchev–Trinajstić information content (AvgIpc) is 1.87. The molecule has 0 aliphatic rings. The Hall–Kier alpha value is -0.610. The molecule has 3 N–H and O–H groups in total. The van der Waals surface area contributed by atoms with Gasteiger partial charge in [-0.05, 0) is 13.0 Å². The van der Waals surface area contributed by atoms with Gasteiger partial charge in [-0.15, -0.1) is 0 Å². The van der Waals surface area contributed by atoms with E-state index in [1.54, 1.807) is 14.1 Å². The van der Waals surface area contributed by atoms with Crippen molar-refractivity contribution in [3.63, 3.8) is 0 Å². The van der Waals surface area contributed by atoms with Gasteiger partial charge in [0.2, 0.25) is 0 Å². The second-order valence-electron chi connectivity index (χ2n) is 2.33. The fraction of sp³-hybridized carbons (Fsp3) is 0.833. The van der Waals surface area contributed by atoms with Crippen LogP contribution in [0.15, 0.2) is 0 Å². The van der Waals surface area contributed by atoms with Gasteiger partial charge in [0.15, 0.2) is 0 Å². The molecule has 60 valence electrons. The summed E-state index contributed by atoms with van der Waals surface area (Å²) in [4.78, 5) is 12.2. The van der Waals surface area contributed by atoms with Crippen LogP contribution >= 0.6 is 0 Å². The van der Waals surface area contributed by atoms with Gasteiger partial charge < -0.3 is 15.7 Å². The first-order valence-corrected chi connectivity index (χ1v) is 3.19. The minimum Gasteiger partial charge on any atom is -0.383 e. The van der Waals surface area contributed by atoms with Crippen molar-refractivity contribution in [2.24, 2.45) is 5.73 Å². The van der Waals surface area contributed by atoms with E-state index >= 15 is 0 Å². The molecule has 0 bridgehead atoms. The molecule has 0 radical (unpaired) electrons. The molecular formula is C6H14N2O2. The quantitative estimate of drug-likeness (QED) is 0.524. The third kappa shape index (κ3) is 2.80. The van der Waals surface area contributed by atoms with Crippen LogP contribution in [0.2, 0.25) is 0 Å². The lowest BCUT2D eigenvalue weighted by Gasteiger charge is -2.14. The summed E-state index contributed by atoms with van der Waals surface area (Å²) in [5, 5.41) is 9.02. The summed E-state index contributed by atoms with van der Waals surface area (Å²) in [7, 11) is 3.20. The van der Waals surface area contributed by atoms with Crippen LogP contribution in [0.3, 0.4) is 0 Å². The minimum atomic E-state index is -0.931. The molecule has 0 unspecified atom stereocenters. The molecule has 0 heterocycles. The van der Waals surface area contributed by atoms with E-state index in [1.165, 1.54) is 4.90 Å². The summed E-state index contributed by atoms with van der Waals surface area (Å²) in [5.41, 5.74) is 5.14. The van der Waals surface area contributed by atoms with Crippen LogP contribution in [0.4, 0.5) is 0 Å². The molecule has 0 saturated heterocycles. The molecular weight excluding hydrogens is 132 g/mol. The Bertz CT molecular complexity index is 114. The molecule has 10 heavy (non-hydrogen) atoms. The van der Waals surface area contributed by atoms with Crippen molar-refractivity contribution in [1.29, 1.82) is 0 Å².